The van der Waals surface area contributed by atoms with Gasteiger partial charge in [0.05, 0.1) is 6.04 Å². The lowest BCUT2D eigenvalue weighted by atomic mass is 9.91. The van der Waals surface area contributed by atoms with Crippen LogP contribution in [0.1, 0.15) is 36.4 Å². The molecule has 0 saturated carbocycles. The summed E-state index contributed by atoms with van der Waals surface area (Å²) in [6.45, 7) is 0.797. The molecule has 3 aromatic rings. The molecule has 2 atom stereocenters. The minimum Gasteiger partial charge on any atom is -0.480 e. The van der Waals surface area contributed by atoms with Gasteiger partial charge in [-0.15, -0.1) is 0 Å². The van der Waals surface area contributed by atoms with Crippen LogP contribution in [-0.4, -0.2) is 33.5 Å². The summed E-state index contributed by atoms with van der Waals surface area (Å²) >= 11 is 0. The van der Waals surface area contributed by atoms with Crippen LogP contribution in [-0.2, 0) is 4.79 Å². The molecule has 4 nitrogen and oxygen atoms in total. The molecule has 0 spiro atoms. The van der Waals surface area contributed by atoms with Crippen molar-refractivity contribution in [3.05, 3.63) is 78.1 Å². The molecule has 0 bridgehead atoms. The van der Waals surface area contributed by atoms with Gasteiger partial charge in [0, 0.05) is 17.8 Å². The van der Waals surface area contributed by atoms with E-state index in [1.165, 1.54) is 0 Å². The van der Waals surface area contributed by atoms with Crippen LogP contribution in [0.5, 0.6) is 0 Å². The molecule has 2 aromatic carbocycles. The van der Waals surface area contributed by atoms with Gasteiger partial charge >= 0.3 is 5.97 Å². The molecule has 0 amide bonds. The van der Waals surface area contributed by atoms with E-state index in [9.17, 15) is 9.90 Å². The largest absolute Gasteiger partial charge is 0.480 e. The Morgan fingerprint density at radius 2 is 1.88 bits per heavy atom. The van der Waals surface area contributed by atoms with Crippen molar-refractivity contribution >= 4 is 16.7 Å². The number of aliphatic carboxylic acids is 1. The standard InChI is InChI=1S/C22H22N2O2/c25-22(26)20-8-4-5-13-24(20)21(16-6-2-1-3-7-16)18-9-10-19-15-23-12-11-17(19)14-18/h1-3,6-7,9-12,14-15,20-21H,4-5,8,13H2,(H,25,26). The van der Waals surface area contributed by atoms with Crippen LogP contribution < -0.4 is 0 Å². The second kappa shape index (κ2) is 7.26. The van der Waals surface area contributed by atoms with Gasteiger partial charge in [0.1, 0.15) is 6.04 Å². The summed E-state index contributed by atoms with van der Waals surface area (Å²) in [5, 5.41) is 12.0. The summed E-state index contributed by atoms with van der Waals surface area (Å²) in [4.78, 5) is 18.2. The van der Waals surface area contributed by atoms with E-state index >= 15 is 0 Å². The Labute approximate surface area is 153 Å². The zero-order valence-corrected chi connectivity index (χ0v) is 14.6. The number of fused-ring (bicyclic) bond motifs is 1. The van der Waals surface area contributed by atoms with E-state index in [0.717, 1.165) is 41.3 Å². The molecular formula is C22H22N2O2. The van der Waals surface area contributed by atoms with Crippen molar-refractivity contribution in [3.8, 4) is 0 Å². The lowest BCUT2D eigenvalue weighted by Gasteiger charge is -2.39. The first-order valence-electron chi connectivity index (χ1n) is 9.11. The second-order valence-electron chi connectivity index (χ2n) is 6.88. The van der Waals surface area contributed by atoms with Crippen LogP contribution in [0.25, 0.3) is 10.8 Å². The molecule has 0 radical (unpaired) electrons. The van der Waals surface area contributed by atoms with Crippen LogP contribution in [0.15, 0.2) is 67.0 Å². The molecule has 4 heteroatoms. The molecule has 2 unspecified atom stereocenters. The number of carbonyl (C=O) groups is 1. The van der Waals surface area contributed by atoms with E-state index in [4.69, 9.17) is 0 Å². The Morgan fingerprint density at radius 3 is 2.69 bits per heavy atom. The number of hydrogen-bond acceptors (Lipinski definition) is 3. The number of benzene rings is 2. The zero-order chi connectivity index (χ0) is 17.9. The number of aromatic nitrogens is 1. The molecule has 1 aliphatic rings. The van der Waals surface area contributed by atoms with E-state index in [2.05, 4.69) is 40.2 Å². The van der Waals surface area contributed by atoms with Gasteiger partial charge in [-0.25, -0.2) is 0 Å². The van der Waals surface area contributed by atoms with Gasteiger partial charge in [0.25, 0.3) is 0 Å². The molecule has 132 valence electrons. The van der Waals surface area contributed by atoms with Crippen LogP contribution in [0, 0.1) is 0 Å². The highest BCUT2D eigenvalue weighted by Gasteiger charge is 2.35. The van der Waals surface area contributed by atoms with Gasteiger partial charge in [0.2, 0.25) is 0 Å². The monoisotopic (exact) mass is 346 g/mol. The fraction of sp³-hybridized carbons (Fsp3) is 0.273. The third-order valence-corrected chi connectivity index (χ3v) is 5.26. The molecule has 26 heavy (non-hydrogen) atoms. The highest BCUT2D eigenvalue weighted by molar-refractivity contribution is 5.82. The Balaban J connectivity index is 1.83. The number of carboxylic acids is 1. The smallest absolute Gasteiger partial charge is 0.320 e. The lowest BCUT2D eigenvalue weighted by molar-refractivity contribution is -0.145. The maximum absolute atomic E-state index is 11.9. The van der Waals surface area contributed by atoms with Crippen LogP contribution in [0.2, 0.25) is 0 Å². The van der Waals surface area contributed by atoms with E-state index in [-0.39, 0.29) is 6.04 Å². The van der Waals surface area contributed by atoms with Gasteiger partial charge in [0.15, 0.2) is 0 Å². The predicted octanol–water partition coefficient (Wildman–Crippen LogP) is 4.26. The molecule has 1 aliphatic heterocycles. The van der Waals surface area contributed by atoms with E-state index in [0.29, 0.717) is 6.42 Å². The van der Waals surface area contributed by atoms with Crippen LogP contribution >= 0.6 is 0 Å². The van der Waals surface area contributed by atoms with Crippen molar-refractivity contribution in [2.45, 2.75) is 31.3 Å². The minimum absolute atomic E-state index is 0.0600. The molecule has 1 saturated heterocycles. The maximum Gasteiger partial charge on any atom is 0.320 e. The summed E-state index contributed by atoms with van der Waals surface area (Å²) in [6.07, 6.45) is 6.36. The highest BCUT2D eigenvalue weighted by Crippen LogP contribution is 2.35. The quantitative estimate of drug-likeness (QED) is 0.767. The Morgan fingerprint density at radius 1 is 1.04 bits per heavy atom. The summed E-state index contributed by atoms with van der Waals surface area (Å²) in [5.74, 6) is -0.726. The van der Waals surface area contributed by atoms with Crippen molar-refractivity contribution in [2.24, 2.45) is 0 Å². The number of hydrogen-bond donors (Lipinski definition) is 1. The van der Waals surface area contributed by atoms with Crippen LogP contribution in [0.3, 0.4) is 0 Å². The van der Waals surface area contributed by atoms with Crippen molar-refractivity contribution in [1.82, 2.24) is 9.88 Å². The second-order valence-corrected chi connectivity index (χ2v) is 6.88. The third kappa shape index (κ3) is 3.20. The fourth-order valence-electron chi connectivity index (χ4n) is 4.01. The van der Waals surface area contributed by atoms with Crippen molar-refractivity contribution < 1.29 is 9.90 Å². The first kappa shape index (κ1) is 16.7. The zero-order valence-electron chi connectivity index (χ0n) is 14.6. The fourth-order valence-corrected chi connectivity index (χ4v) is 4.01. The van der Waals surface area contributed by atoms with Gasteiger partial charge < -0.3 is 5.11 Å². The Bertz CT molecular complexity index is 910. The first-order valence-corrected chi connectivity index (χ1v) is 9.11. The lowest BCUT2D eigenvalue weighted by Crippen LogP contribution is -2.46. The Kier molecular flexibility index (Phi) is 4.67. The summed E-state index contributed by atoms with van der Waals surface area (Å²) in [5.41, 5.74) is 2.26. The van der Waals surface area contributed by atoms with Crippen molar-refractivity contribution in [3.63, 3.8) is 0 Å². The van der Waals surface area contributed by atoms with Gasteiger partial charge in [-0.05, 0) is 48.0 Å². The number of nitrogens with zero attached hydrogens (tertiary/aromatic N) is 2. The molecule has 1 aromatic heterocycles. The molecule has 1 fully saturated rings. The van der Waals surface area contributed by atoms with Gasteiger partial charge in [-0.1, -0.05) is 48.9 Å². The number of pyridine rings is 1. The van der Waals surface area contributed by atoms with Gasteiger partial charge in [-0.3, -0.25) is 14.7 Å². The van der Waals surface area contributed by atoms with Crippen LogP contribution in [0.4, 0.5) is 0 Å². The summed E-state index contributed by atoms with van der Waals surface area (Å²) in [7, 11) is 0. The normalized spacial score (nSPS) is 19.3. The molecule has 4 rings (SSSR count). The van der Waals surface area contributed by atoms with Crippen molar-refractivity contribution in [2.75, 3.05) is 6.54 Å². The highest BCUT2D eigenvalue weighted by atomic mass is 16.4. The minimum atomic E-state index is -0.726. The summed E-state index contributed by atoms with van der Waals surface area (Å²) < 4.78 is 0. The molecule has 0 aliphatic carbocycles. The number of likely N-dealkylation sites (tertiary alicyclic amines) is 1. The molecule has 2 heterocycles. The average Bonchev–Trinajstić information content (AvgIpc) is 2.69. The number of carboxylic acid groups (broad SMARTS) is 1. The van der Waals surface area contributed by atoms with E-state index < -0.39 is 12.0 Å². The predicted molar refractivity (Wildman–Crippen MR) is 102 cm³/mol. The first-order chi connectivity index (χ1) is 12.7. The molecule has 1 N–H and O–H groups in total. The Hall–Kier alpha value is -2.72. The van der Waals surface area contributed by atoms with E-state index in [1.54, 1.807) is 6.20 Å². The average molecular weight is 346 g/mol. The topological polar surface area (TPSA) is 53.4 Å². The van der Waals surface area contributed by atoms with Crippen molar-refractivity contribution in [1.29, 1.82) is 0 Å². The third-order valence-electron chi connectivity index (χ3n) is 5.26. The van der Waals surface area contributed by atoms with Gasteiger partial charge in [-0.2, -0.15) is 0 Å². The number of piperidine rings is 1. The number of rotatable bonds is 4. The van der Waals surface area contributed by atoms with E-state index in [1.807, 2.05) is 30.5 Å². The molecular weight excluding hydrogens is 324 g/mol. The maximum atomic E-state index is 11.9. The SMILES string of the molecule is O=C(O)C1CCCCN1C(c1ccccc1)c1ccc2cnccc2c1. The summed E-state index contributed by atoms with van der Waals surface area (Å²) in [6, 6.07) is 18.1.